The fraction of sp³-hybridized carbons (Fsp3) is 0.688. The lowest BCUT2D eigenvalue weighted by molar-refractivity contribution is -0.146. The maximum absolute atomic E-state index is 12.6. The first-order chi connectivity index (χ1) is 10.2. The lowest BCUT2D eigenvalue weighted by Gasteiger charge is -2.50. The third kappa shape index (κ3) is 3.00. The molecule has 2 aliphatic rings. The van der Waals surface area contributed by atoms with Crippen LogP contribution in [-0.4, -0.2) is 49.8 Å². The number of amides is 1. The molecule has 0 aromatic carbocycles. The molecule has 1 aromatic heterocycles. The molecule has 2 aliphatic heterocycles. The van der Waals surface area contributed by atoms with Gasteiger partial charge >= 0.3 is 0 Å². The first kappa shape index (κ1) is 15.0. The van der Waals surface area contributed by atoms with E-state index in [2.05, 4.69) is 0 Å². The van der Waals surface area contributed by atoms with E-state index in [1.54, 1.807) is 11.3 Å². The first-order valence-corrected chi connectivity index (χ1v) is 8.70. The topological polar surface area (TPSA) is 38.8 Å². The molecule has 2 atom stereocenters. The van der Waals surface area contributed by atoms with E-state index in [9.17, 15) is 4.79 Å². The van der Waals surface area contributed by atoms with E-state index in [1.807, 2.05) is 28.7 Å². The minimum absolute atomic E-state index is 0.0157. The zero-order valence-electron chi connectivity index (χ0n) is 12.5. The molecular formula is C16H23NO3S. The molecule has 0 spiro atoms. The van der Waals surface area contributed by atoms with Crippen LogP contribution in [0.25, 0.3) is 0 Å². The highest BCUT2D eigenvalue weighted by atomic mass is 32.1. The van der Waals surface area contributed by atoms with Crippen LogP contribution in [0.5, 0.6) is 0 Å². The van der Waals surface area contributed by atoms with Gasteiger partial charge in [-0.15, -0.1) is 0 Å². The zero-order valence-corrected chi connectivity index (χ0v) is 13.4. The second-order valence-corrected chi connectivity index (χ2v) is 6.77. The van der Waals surface area contributed by atoms with Crippen molar-refractivity contribution in [2.45, 2.75) is 32.3 Å². The van der Waals surface area contributed by atoms with Gasteiger partial charge in [-0.3, -0.25) is 4.79 Å². The van der Waals surface area contributed by atoms with Crippen LogP contribution in [0.1, 0.15) is 36.5 Å². The monoisotopic (exact) mass is 309 g/mol. The molecule has 0 saturated carbocycles. The minimum Gasteiger partial charge on any atom is -0.381 e. The molecule has 4 nitrogen and oxygen atoms in total. The Bertz CT molecular complexity index is 476. The number of hydrogen-bond acceptors (Lipinski definition) is 4. The Morgan fingerprint density at radius 2 is 2.52 bits per heavy atom. The smallest absolute Gasteiger partial charge is 0.254 e. The van der Waals surface area contributed by atoms with Gasteiger partial charge in [0, 0.05) is 37.1 Å². The molecule has 3 heterocycles. The van der Waals surface area contributed by atoms with E-state index in [0.717, 1.165) is 44.5 Å². The number of carbonyl (C=O) groups excluding carboxylic acids is 1. The molecule has 5 heteroatoms. The highest BCUT2D eigenvalue weighted by Crippen LogP contribution is 2.40. The van der Waals surface area contributed by atoms with Gasteiger partial charge in [0.15, 0.2) is 0 Å². The molecule has 0 radical (unpaired) electrons. The van der Waals surface area contributed by atoms with Crippen LogP contribution in [0.2, 0.25) is 0 Å². The van der Waals surface area contributed by atoms with Crippen LogP contribution >= 0.6 is 11.3 Å². The Balaban J connectivity index is 1.76. The van der Waals surface area contributed by atoms with Crippen molar-refractivity contribution in [1.82, 2.24) is 4.90 Å². The lowest BCUT2D eigenvalue weighted by atomic mass is 9.73. The van der Waals surface area contributed by atoms with Gasteiger partial charge < -0.3 is 14.4 Å². The Kier molecular flexibility index (Phi) is 4.62. The largest absolute Gasteiger partial charge is 0.381 e. The SMILES string of the molecule is CCOC[C@@]12CCCO[C@H]1CCN(C(=O)c1ccsc1)C2. The zero-order chi connectivity index (χ0) is 14.7. The molecule has 1 aromatic rings. The fourth-order valence-electron chi connectivity index (χ4n) is 3.55. The molecular weight excluding hydrogens is 286 g/mol. The number of nitrogens with zero attached hydrogens (tertiary/aromatic N) is 1. The summed E-state index contributed by atoms with van der Waals surface area (Å²) in [5, 5.41) is 3.89. The molecule has 0 bridgehead atoms. The van der Waals surface area contributed by atoms with Crippen LogP contribution < -0.4 is 0 Å². The molecule has 0 aliphatic carbocycles. The molecule has 2 saturated heterocycles. The van der Waals surface area contributed by atoms with E-state index in [1.165, 1.54) is 0 Å². The number of thiophene rings is 1. The van der Waals surface area contributed by atoms with Crippen molar-refractivity contribution in [2.24, 2.45) is 5.41 Å². The van der Waals surface area contributed by atoms with Crippen molar-refractivity contribution in [1.29, 1.82) is 0 Å². The molecule has 21 heavy (non-hydrogen) atoms. The number of fused-ring (bicyclic) bond motifs is 1. The van der Waals surface area contributed by atoms with Gasteiger partial charge in [0.2, 0.25) is 0 Å². The van der Waals surface area contributed by atoms with Crippen molar-refractivity contribution in [3.63, 3.8) is 0 Å². The van der Waals surface area contributed by atoms with E-state index >= 15 is 0 Å². The Hall–Kier alpha value is -0.910. The second-order valence-electron chi connectivity index (χ2n) is 5.99. The lowest BCUT2D eigenvalue weighted by Crippen LogP contribution is -2.58. The average Bonchev–Trinajstić information content (AvgIpc) is 3.06. The molecule has 1 amide bonds. The standard InChI is InChI=1S/C16H23NO3S/c1-2-19-12-16-6-3-8-20-14(16)4-7-17(11-16)15(18)13-5-9-21-10-13/h5,9-10,14H,2-4,6-8,11-12H2,1H3/t14-,16-/m0/s1. The van der Waals surface area contributed by atoms with Crippen molar-refractivity contribution in [3.05, 3.63) is 22.4 Å². The summed E-state index contributed by atoms with van der Waals surface area (Å²) in [6.45, 7) is 5.82. The Labute approximate surface area is 130 Å². The van der Waals surface area contributed by atoms with Crippen molar-refractivity contribution in [2.75, 3.05) is 32.9 Å². The Morgan fingerprint density at radius 1 is 1.62 bits per heavy atom. The van der Waals surface area contributed by atoms with Crippen molar-refractivity contribution >= 4 is 17.2 Å². The Morgan fingerprint density at radius 3 is 3.29 bits per heavy atom. The van der Waals surface area contributed by atoms with Crippen LogP contribution in [0.15, 0.2) is 16.8 Å². The van der Waals surface area contributed by atoms with E-state index < -0.39 is 0 Å². The predicted octanol–water partition coefficient (Wildman–Crippen LogP) is 2.80. The van der Waals surface area contributed by atoms with E-state index in [0.29, 0.717) is 13.2 Å². The third-order valence-electron chi connectivity index (χ3n) is 4.64. The van der Waals surface area contributed by atoms with Gasteiger partial charge in [0.05, 0.1) is 18.3 Å². The maximum atomic E-state index is 12.6. The van der Waals surface area contributed by atoms with Gasteiger partial charge in [-0.25, -0.2) is 0 Å². The van der Waals surface area contributed by atoms with Crippen LogP contribution in [0.4, 0.5) is 0 Å². The first-order valence-electron chi connectivity index (χ1n) is 7.76. The normalized spacial score (nSPS) is 29.2. The molecule has 2 fully saturated rings. The number of carbonyl (C=O) groups is 1. The van der Waals surface area contributed by atoms with Crippen molar-refractivity contribution in [3.8, 4) is 0 Å². The summed E-state index contributed by atoms with van der Waals surface area (Å²) in [5.41, 5.74) is 0.791. The summed E-state index contributed by atoms with van der Waals surface area (Å²) < 4.78 is 11.7. The summed E-state index contributed by atoms with van der Waals surface area (Å²) in [4.78, 5) is 14.6. The summed E-state index contributed by atoms with van der Waals surface area (Å²) in [6.07, 6.45) is 3.31. The van der Waals surface area contributed by atoms with Gasteiger partial charge in [-0.2, -0.15) is 11.3 Å². The number of ether oxygens (including phenoxy) is 2. The summed E-state index contributed by atoms with van der Waals surface area (Å²) in [7, 11) is 0. The average molecular weight is 309 g/mol. The van der Waals surface area contributed by atoms with Crippen LogP contribution in [0.3, 0.4) is 0 Å². The van der Waals surface area contributed by atoms with E-state index in [4.69, 9.17) is 9.47 Å². The van der Waals surface area contributed by atoms with Crippen molar-refractivity contribution < 1.29 is 14.3 Å². The molecule has 3 rings (SSSR count). The van der Waals surface area contributed by atoms with Gasteiger partial charge in [-0.05, 0) is 37.6 Å². The number of hydrogen-bond donors (Lipinski definition) is 0. The molecule has 0 unspecified atom stereocenters. The van der Waals surface area contributed by atoms with E-state index in [-0.39, 0.29) is 17.4 Å². The summed E-state index contributed by atoms with van der Waals surface area (Å²) in [6, 6.07) is 1.91. The predicted molar refractivity (Wildman–Crippen MR) is 82.7 cm³/mol. The molecule has 116 valence electrons. The maximum Gasteiger partial charge on any atom is 0.254 e. The number of piperidine rings is 1. The summed E-state index contributed by atoms with van der Waals surface area (Å²) >= 11 is 1.57. The van der Waals surface area contributed by atoms with Crippen LogP contribution in [-0.2, 0) is 9.47 Å². The summed E-state index contributed by atoms with van der Waals surface area (Å²) in [5.74, 6) is 0.149. The highest BCUT2D eigenvalue weighted by Gasteiger charge is 2.47. The number of likely N-dealkylation sites (tertiary alicyclic amines) is 1. The quantitative estimate of drug-likeness (QED) is 0.858. The second kappa shape index (κ2) is 6.46. The fourth-order valence-corrected chi connectivity index (χ4v) is 4.18. The van der Waals surface area contributed by atoms with Gasteiger partial charge in [-0.1, -0.05) is 0 Å². The third-order valence-corrected chi connectivity index (χ3v) is 5.32. The van der Waals surface area contributed by atoms with Gasteiger partial charge in [0.1, 0.15) is 0 Å². The molecule has 0 N–H and O–H groups in total. The van der Waals surface area contributed by atoms with Crippen LogP contribution in [0, 0.1) is 5.41 Å². The highest BCUT2D eigenvalue weighted by molar-refractivity contribution is 7.08. The van der Waals surface area contributed by atoms with Gasteiger partial charge in [0.25, 0.3) is 5.91 Å². The minimum atomic E-state index is -0.0157. The number of rotatable bonds is 4.